The SMILES string of the molecule is CN=C(N)NCCC[C@H](NC(=O)[C@H](CC(C)C)NC(=O)CNC(=O)[C@H](Cc1ccccn1)NC(=O)[C@@H](NC(=O)[C@H](CC(N)=O)NC(=O)[C@@H]1C[C@@H](O)CN1C(=O)[C@@H](Cc1ccc(O)cc1)NC(C)=O)[C@@H](C)O)C(=O)N[C@@H](Cc1c[nH]c2ccccc12)C(N)=O. The number of nitrogens with two attached hydrogens (primary N) is 3. The molecule has 1 saturated heterocycles. The van der Waals surface area contributed by atoms with E-state index in [-0.39, 0.29) is 81.4 Å². The van der Waals surface area contributed by atoms with Crippen molar-refractivity contribution in [2.45, 2.75) is 140 Å². The van der Waals surface area contributed by atoms with Crippen LogP contribution in [0.2, 0.25) is 0 Å². The molecule has 11 amide bonds. The molecule has 5 rings (SSSR count). The number of nitrogens with one attached hydrogen (secondary N) is 10. The number of aromatic hydroxyl groups is 1. The molecule has 1 aliphatic rings. The number of aromatic amines is 1. The van der Waals surface area contributed by atoms with Crippen LogP contribution >= 0.6 is 0 Å². The number of rotatable bonds is 32. The number of benzene rings is 2. The summed E-state index contributed by atoms with van der Waals surface area (Å²) in [5, 5.41) is 55.0. The zero-order chi connectivity index (χ0) is 64.8. The lowest BCUT2D eigenvalue weighted by Crippen LogP contribution is -2.61. The molecule has 2 aromatic heterocycles. The molecule has 1 aliphatic heterocycles. The first-order chi connectivity index (χ1) is 41.7. The highest BCUT2D eigenvalue weighted by Gasteiger charge is 2.43. The van der Waals surface area contributed by atoms with Gasteiger partial charge in [-0.1, -0.05) is 50.2 Å². The van der Waals surface area contributed by atoms with E-state index in [1.807, 2.05) is 24.3 Å². The number of aliphatic hydroxyl groups is 2. The number of primary amides is 2. The number of guanidine groups is 1. The van der Waals surface area contributed by atoms with Gasteiger partial charge in [0.05, 0.1) is 25.2 Å². The lowest BCUT2D eigenvalue weighted by Gasteiger charge is -2.30. The maximum Gasteiger partial charge on any atom is 0.246 e. The molecular weight excluding hydrogens is 1140 g/mol. The molecule has 3 heterocycles. The summed E-state index contributed by atoms with van der Waals surface area (Å²) in [5.41, 5.74) is 19.4. The highest BCUT2D eigenvalue weighted by molar-refractivity contribution is 5.99. The summed E-state index contributed by atoms with van der Waals surface area (Å²) in [5.74, 6) is -10.2. The minimum absolute atomic E-state index is 0.0227. The standard InChI is InChI=1S/C58H80N16O14/c1-30(2)21-42(53(84)69-40(14-10-20-64-58(61)62-5)52(83)70-41(50(60)81)23-34-27-65-39-13-7-6-12-38(34)39)68-48(80)28-66-51(82)43(24-35-11-8-9-19-63-35)72-56(87)49(31(3)75)73-54(85)44(26-47(59)79)71-55(86)46-25-37(78)29-74(46)57(88)45(67-32(4)76)22-33-15-17-36(77)18-16-33/h6-9,11-13,15-19,27,30-31,37,40-46,49,65,75,77-78H,10,14,20-26,28-29H2,1-5H3,(H2,59,79)(H2,60,81)(H,66,82)(H,67,76)(H,68,80)(H,69,84)(H,70,83)(H,71,86)(H,72,87)(H,73,85)(H3,61,62,64)/t31-,37-,40+,41+,42+,43+,44+,45-,46+,49+/m1/s1. The third kappa shape index (κ3) is 21.4. The number of H-pyrrole nitrogens is 1. The number of aromatic nitrogens is 2. The van der Waals surface area contributed by atoms with Crippen LogP contribution in [0.4, 0.5) is 0 Å². The molecule has 10 atom stereocenters. The van der Waals surface area contributed by atoms with Crippen molar-refractivity contribution in [1.29, 1.82) is 0 Å². The van der Waals surface area contributed by atoms with E-state index in [0.717, 1.165) is 22.7 Å². The van der Waals surface area contributed by atoms with E-state index in [4.69, 9.17) is 17.2 Å². The number of phenolic OH excluding ortho intramolecular Hbond substituents is 1. The second-order valence-corrected chi connectivity index (χ2v) is 21.8. The van der Waals surface area contributed by atoms with E-state index >= 15 is 0 Å². The molecule has 2 aromatic carbocycles. The summed E-state index contributed by atoms with van der Waals surface area (Å²) in [4.78, 5) is 161. The summed E-state index contributed by atoms with van der Waals surface area (Å²) >= 11 is 0. The van der Waals surface area contributed by atoms with E-state index in [1.165, 1.54) is 50.5 Å². The maximum absolute atomic E-state index is 14.1. The second kappa shape index (κ2) is 33.3. The van der Waals surface area contributed by atoms with Crippen molar-refractivity contribution in [3.05, 3.63) is 95.9 Å². The van der Waals surface area contributed by atoms with Gasteiger partial charge in [0.15, 0.2) is 5.96 Å². The topological polar surface area (TPSA) is 479 Å². The highest BCUT2D eigenvalue weighted by Crippen LogP contribution is 2.23. The number of hydrogen-bond acceptors (Lipinski definition) is 16. The Morgan fingerprint density at radius 1 is 0.716 bits per heavy atom. The fourth-order valence-corrected chi connectivity index (χ4v) is 9.75. The molecule has 0 saturated carbocycles. The number of phenols is 1. The number of carbonyl (C=O) groups excluding carboxylic acids is 11. The molecule has 4 aromatic rings. The predicted molar refractivity (Wildman–Crippen MR) is 319 cm³/mol. The van der Waals surface area contributed by atoms with Gasteiger partial charge in [-0.25, -0.2) is 0 Å². The molecule has 30 heteroatoms. The normalized spacial score (nSPS) is 16.7. The molecule has 1 fully saturated rings. The van der Waals surface area contributed by atoms with Gasteiger partial charge in [0.2, 0.25) is 65.0 Å². The Kier molecular flexibility index (Phi) is 26.1. The Labute approximate surface area is 507 Å². The zero-order valence-electron chi connectivity index (χ0n) is 49.5. The molecule has 88 heavy (non-hydrogen) atoms. The maximum atomic E-state index is 14.1. The average molecular weight is 1230 g/mol. The van der Waals surface area contributed by atoms with E-state index in [2.05, 4.69) is 62.8 Å². The van der Waals surface area contributed by atoms with Crippen LogP contribution in [0.5, 0.6) is 5.75 Å². The summed E-state index contributed by atoms with van der Waals surface area (Å²) < 4.78 is 0. The van der Waals surface area contributed by atoms with Gasteiger partial charge in [-0.15, -0.1) is 0 Å². The Balaban J connectivity index is 1.28. The van der Waals surface area contributed by atoms with Gasteiger partial charge in [0.25, 0.3) is 0 Å². The lowest BCUT2D eigenvalue weighted by molar-refractivity contribution is -0.142. The first-order valence-electron chi connectivity index (χ1n) is 28.5. The van der Waals surface area contributed by atoms with Crippen molar-refractivity contribution in [3.63, 3.8) is 0 Å². The van der Waals surface area contributed by atoms with E-state index in [9.17, 15) is 68.1 Å². The molecule has 0 unspecified atom stereocenters. The average Bonchev–Trinajstić information content (AvgIpc) is 2.76. The van der Waals surface area contributed by atoms with Gasteiger partial charge in [-0.2, -0.15) is 0 Å². The van der Waals surface area contributed by atoms with Crippen LogP contribution in [0.25, 0.3) is 10.9 Å². The Morgan fingerprint density at radius 2 is 1.38 bits per heavy atom. The highest BCUT2D eigenvalue weighted by atomic mass is 16.3. The zero-order valence-corrected chi connectivity index (χ0v) is 49.5. The quantitative estimate of drug-likeness (QED) is 0.0126. The van der Waals surface area contributed by atoms with Gasteiger partial charge >= 0.3 is 0 Å². The number of aliphatic imine (C=N–C) groups is 1. The predicted octanol–water partition coefficient (Wildman–Crippen LogP) is -4.11. The third-order valence-corrected chi connectivity index (χ3v) is 14.2. The van der Waals surface area contributed by atoms with Gasteiger partial charge in [0.1, 0.15) is 54.1 Å². The molecule has 0 bridgehead atoms. The smallest absolute Gasteiger partial charge is 0.246 e. The monoisotopic (exact) mass is 1220 g/mol. The van der Waals surface area contributed by atoms with Crippen molar-refractivity contribution < 1.29 is 68.1 Å². The molecule has 19 N–H and O–H groups in total. The van der Waals surface area contributed by atoms with Gasteiger partial charge in [-0.05, 0) is 73.6 Å². The Bertz CT molecular complexity index is 3140. The summed E-state index contributed by atoms with van der Waals surface area (Å²) in [6.45, 7) is 4.97. The number of aliphatic hydroxyl groups excluding tert-OH is 2. The molecule has 0 spiro atoms. The number of para-hydroxylation sites is 1. The lowest BCUT2D eigenvalue weighted by atomic mass is 10.0. The van der Waals surface area contributed by atoms with Gasteiger partial charge < -0.3 is 90.3 Å². The van der Waals surface area contributed by atoms with Crippen LogP contribution in [0.1, 0.15) is 76.6 Å². The van der Waals surface area contributed by atoms with Gasteiger partial charge in [0, 0.05) is 81.7 Å². The summed E-state index contributed by atoms with van der Waals surface area (Å²) in [7, 11) is 1.48. The Morgan fingerprint density at radius 3 is 2.01 bits per heavy atom. The van der Waals surface area contributed by atoms with Gasteiger partial charge in [-0.3, -0.25) is 62.7 Å². The van der Waals surface area contributed by atoms with Crippen molar-refractivity contribution >= 4 is 81.8 Å². The molecule has 0 aliphatic carbocycles. The number of likely N-dealkylation sites (tertiary alicyclic amines) is 1. The van der Waals surface area contributed by atoms with Crippen LogP contribution < -0.4 is 65.1 Å². The number of fused-ring (bicyclic) bond motifs is 1. The molecule has 30 nitrogen and oxygen atoms in total. The minimum Gasteiger partial charge on any atom is -0.508 e. The number of pyridine rings is 1. The summed E-state index contributed by atoms with van der Waals surface area (Å²) in [6.07, 6.45) is -1.06. The number of hydrogen-bond donors (Lipinski definition) is 16. The number of amides is 11. The largest absolute Gasteiger partial charge is 0.508 e. The number of carbonyl (C=O) groups is 11. The Hall–Kier alpha value is -9.71. The van der Waals surface area contributed by atoms with Crippen molar-refractivity contribution in [1.82, 2.24) is 62.7 Å². The first kappa shape index (κ1) is 69.1. The van der Waals surface area contributed by atoms with E-state index in [1.54, 1.807) is 32.2 Å². The molecular formula is C58H80N16O14. The van der Waals surface area contributed by atoms with Crippen molar-refractivity contribution in [2.24, 2.45) is 28.1 Å². The van der Waals surface area contributed by atoms with Crippen LogP contribution in [-0.2, 0) is 72.0 Å². The first-order valence-corrected chi connectivity index (χ1v) is 28.5. The minimum atomic E-state index is -1.89. The third-order valence-electron chi connectivity index (χ3n) is 14.2. The fourth-order valence-electron chi connectivity index (χ4n) is 9.75. The van der Waals surface area contributed by atoms with Crippen LogP contribution in [0.3, 0.4) is 0 Å². The number of β-amino-alcohol motifs (C(OH)–C–C–N with tert-alkyl or cyclic N) is 1. The molecule has 0 radical (unpaired) electrons. The van der Waals surface area contributed by atoms with Crippen molar-refractivity contribution in [2.75, 3.05) is 26.7 Å². The second-order valence-electron chi connectivity index (χ2n) is 21.8. The van der Waals surface area contributed by atoms with E-state index in [0.29, 0.717) is 11.1 Å². The summed E-state index contributed by atoms with van der Waals surface area (Å²) in [6, 6.07) is 6.12. The van der Waals surface area contributed by atoms with Crippen molar-refractivity contribution in [3.8, 4) is 5.75 Å². The molecule has 476 valence electrons. The van der Waals surface area contributed by atoms with Crippen LogP contribution in [-0.4, -0.2) is 188 Å². The van der Waals surface area contributed by atoms with E-state index < -0.39 is 138 Å². The number of nitrogens with zero attached hydrogens (tertiary/aromatic N) is 3. The van der Waals surface area contributed by atoms with Crippen LogP contribution in [0.15, 0.2) is 84.1 Å². The fraction of sp³-hybridized carbons (Fsp3) is 0.466. The van der Waals surface area contributed by atoms with Crippen LogP contribution in [0, 0.1) is 5.92 Å².